The molecule has 1 aromatic carbocycles. The van der Waals surface area contributed by atoms with Crippen molar-refractivity contribution in [3.8, 4) is 11.4 Å². The van der Waals surface area contributed by atoms with Gasteiger partial charge < -0.3 is 9.30 Å². The maximum Gasteiger partial charge on any atom is 0.358 e. The van der Waals surface area contributed by atoms with Gasteiger partial charge in [-0.25, -0.2) is 9.78 Å². The van der Waals surface area contributed by atoms with Crippen LogP contribution in [0.25, 0.3) is 11.4 Å². The largest absolute Gasteiger partial charge is 0.461 e. The number of aromatic nitrogens is 2. The van der Waals surface area contributed by atoms with Crippen molar-refractivity contribution in [3.05, 3.63) is 41.7 Å². The lowest BCUT2D eigenvalue weighted by atomic mass is 10.2. The van der Waals surface area contributed by atoms with E-state index in [1.807, 2.05) is 48.9 Å². The predicted molar refractivity (Wildman–Crippen MR) is 69.3 cm³/mol. The van der Waals surface area contributed by atoms with Crippen molar-refractivity contribution < 1.29 is 9.53 Å². The molecular formula is C14H16N2O2. The molecule has 0 aliphatic rings. The normalized spacial score (nSPS) is 10.4. The van der Waals surface area contributed by atoms with Crippen molar-refractivity contribution in [3.63, 3.8) is 0 Å². The zero-order valence-electron chi connectivity index (χ0n) is 10.8. The molecule has 0 saturated carbocycles. The highest BCUT2D eigenvalue weighted by Gasteiger charge is 2.19. The molecule has 94 valence electrons. The molecule has 0 spiro atoms. The number of hydrogen-bond acceptors (Lipinski definition) is 3. The van der Waals surface area contributed by atoms with Crippen LogP contribution in [0.4, 0.5) is 0 Å². The molecule has 0 fully saturated rings. The summed E-state index contributed by atoms with van der Waals surface area (Å²) in [5.74, 6) is 0.406. The maximum absolute atomic E-state index is 11.8. The second-order valence-corrected chi connectivity index (χ2v) is 4.01. The maximum atomic E-state index is 11.8. The Hall–Kier alpha value is -2.10. The lowest BCUT2D eigenvalue weighted by molar-refractivity contribution is 0.0519. The summed E-state index contributed by atoms with van der Waals surface area (Å²) in [6.07, 6.45) is 0. The minimum atomic E-state index is -0.368. The molecule has 0 atom stereocenters. The number of rotatable bonds is 3. The Labute approximate surface area is 106 Å². The van der Waals surface area contributed by atoms with Crippen molar-refractivity contribution >= 4 is 5.97 Å². The van der Waals surface area contributed by atoms with E-state index in [1.54, 1.807) is 6.92 Å². The van der Waals surface area contributed by atoms with Crippen molar-refractivity contribution in [2.45, 2.75) is 13.8 Å². The van der Waals surface area contributed by atoms with Crippen LogP contribution in [0.1, 0.15) is 23.1 Å². The lowest BCUT2D eigenvalue weighted by Gasteiger charge is -2.02. The fraction of sp³-hybridized carbons (Fsp3) is 0.286. The molecular weight excluding hydrogens is 228 g/mol. The highest BCUT2D eigenvalue weighted by molar-refractivity contribution is 5.89. The van der Waals surface area contributed by atoms with Gasteiger partial charge in [-0.05, 0) is 13.8 Å². The van der Waals surface area contributed by atoms with E-state index >= 15 is 0 Å². The lowest BCUT2D eigenvalue weighted by Crippen LogP contribution is -2.07. The predicted octanol–water partition coefficient (Wildman–Crippen LogP) is 2.57. The van der Waals surface area contributed by atoms with E-state index in [-0.39, 0.29) is 5.97 Å². The summed E-state index contributed by atoms with van der Waals surface area (Å²) in [6, 6.07) is 9.78. The van der Waals surface area contributed by atoms with E-state index in [4.69, 9.17) is 4.74 Å². The Morgan fingerprint density at radius 3 is 2.61 bits per heavy atom. The van der Waals surface area contributed by atoms with Gasteiger partial charge in [-0.2, -0.15) is 0 Å². The van der Waals surface area contributed by atoms with Crippen LogP contribution in [-0.2, 0) is 11.8 Å². The molecule has 1 aromatic heterocycles. The Bertz CT molecular complexity index is 559. The molecule has 18 heavy (non-hydrogen) atoms. The van der Waals surface area contributed by atoms with Gasteiger partial charge >= 0.3 is 5.97 Å². The first-order chi connectivity index (χ1) is 8.65. The van der Waals surface area contributed by atoms with Gasteiger partial charge in [-0.1, -0.05) is 30.3 Å². The molecule has 0 saturated heterocycles. The number of ether oxygens (including phenoxy) is 1. The van der Waals surface area contributed by atoms with Gasteiger partial charge in [-0.3, -0.25) is 0 Å². The summed E-state index contributed by atoms with van der Waals surface area (Å²) in [6.45, 7) is 4.01. The third-order valence-electron chi connectivity index (χ3n) is 2.88. The van der Waals surface area contributed by atoms with Gasteiger partial charge in [0.25, 0.3) is 0 Å². The molecule has 2 aromatic rings. The van der Waals surface area contributed by atoms with Gasteiger partial charge in [0.05, 0.1) is 6.61 Å². The van der Waals surface area contributed by atoms with Gasteiger partial charge in [-0.15, -0.1) is 0 Å². The molecule has 1 heterocycles. The number of carbonyl (C=O) groups excluding carboxylic acids is 1. The third kappa shape index (κ3) is 2.14. The standard InChI is InChI=1S/C14H16N2O2/c1-4-18-14(17)12-10(2)16(3)13(15-12)11-8-6-5-7-9-11/h5-9H,4H2,1-3H3. The summed E-state index contributed by atoms with van der Waals surface area (Å²) < 4.78 is 6.90. The first-order valence-corrected chi connectivity index (χ1v) is 5.91. The van der Waals surface area contributed by atoms with E-state index in [0.29, 0.717) is 12.3 Å². The van der Waals surface area contributed by atoms with Crippen LogP contribution in [0.15, 0.2) is 30.3 Å². The fourth-order valence-electron chi connectivity index (χ4n) is 1.82. The smallest absolute Gasteiger partial charge is 0.358 e. The molecule has 0 radical (unpaired) electrons. The van der Waals surface area contributed by atoms with E-state index in [9.17, 15) is 4.79 Å². The van der Waals surface area contributed by atoms with Crippen LogP contribution >= 0.6 is 0 Å². The highest BCUT2D eigenvalue weighted by Crippen LogP contribution is 2.21. The number of nitrogens with zero attached hydrogens (tertiary/aromatic N) is 2. The van der Waals surface area contributed by atoms with Crippen molar-refractivity contribution in [1.82, 2.24) is 9.55 Å². The minimum Gasteiger partial charge on any atom is -0.461 e. The van der Waals surface area contributed by atoms with E-state index in [2.05, 4.69) is 4.98 Å². The Morgan fingerprint density at radius 1 is 1.33 bits per heavy atom. The molecule has 0 aliphatic carbocycles. The monoisotopic (exact) mass is 244 g/mol. The summed E-state index contributed by atoms with van der Waals surface area (Å²) in [4.78, 5) is 16.2. The van der Waals surface area contributed by atoms with Crippen molar-refractivity contribution in [2.24, 2.45) is 7.05 Å². The van der Waals surface area contributed by atoms with Crippen molar-refractivity contribution in [1.29, 1.82) is 0 Å². The van der Waals surface area contributed by atoms with E-state index in [0.717, 1.165) is 17.1 Å². The summed E-state index contributed by atoms with van der Waals surface area (Å²) in [5, 5.41) is 0. The number of imidazole rings is 1. The van der Waals surface area contributed by atoms with Gasteiger partial charge in [0.2, 0.25) is 0 Å². The van der Waals surface area contributed by atoms with Crippen LogP contribution in [0.5, 0.6) is 0 Å². The average molecular weight is 244 g/mol. The number of esters is 1. The highest BCUT2D eigenvalue weighted by atomic mass is 16.5. The molecule has 0 aliphatic heterocycles. The number of benzene rings is 1. The van der Waals surface area contributed by atoms with E-state index < -0.39 is 0 Å². The Morgan fingerprint density at radius 2 is 2.00 bits per heavy atom. The zero-order valence-corrected chi connectivity index (χ0v) is 10.8. The number of carbonyl (C=O) groups is 1. The first kappa shape index (κ1) is 12.4. The SMILES string of the molecule is CCOC(=O)c1nc(-c2ccccc2)n(C)c1C. The topological polar surface area (TPSA) is 44.1 Å². The average Bonchev–Trinajstić information content (AvgIpc) is 2.68. The molecule has 2 rings (SSSR count). The zero-order chi connectivity index (χ0) is 13.1. The van der Waals surface area contributed by atoms with Crippen LogP contribution in [0.3, 0.4) is 0 Å². The summed E-state index contributed by atoms with van der Waals surface area (Å²) in [7, 11) is 1.90. The molecule has 4 nitrogen and oxygen atoms in total. The third-order valence-corrected chi connectivity index (χ3v) is 2.88. The summed E-state index contributed by atoms with van der Waals surface area (Å²) >= 11 is 0. The second-order valence-electron chi connectivity index (χ2n) is 4.01. The second kappa shape index (κ2) is 5.04. The van der Waals surface area contributed by atoms with Gasteiger partial charge in [0, 0.05) is 18.3 Å². The van der Waals surface area contributed by atoms with Gasteiger partial charge in [0.15, 0.2) is 5.69 Å². The fourth-order valence-corrected chi connectivity index (χ4v) is 1.82. The summed E-state index contributed by atoms with van der Waals surface area (Å²) in [5.41, 5.74) is 2.18. The van der Waals surface area contributed by atoms with Crippen LogP contribution < -0.4 is 0 Å². The van der Waals surface area contributed by atoms with Crippen LogP contribution in [0.2, 0.25) is 0 Å². The van der Waals surface area contributed by atoms with Gasteiger partial charge in [0.1, 0.15) is 5.82 Å². The van der Waals surface area contributed by atoms with Crippen molar-refractivity contribution in [2.75, 3.05) is 6.61 Å². The first-order valence-electron chi connectivity index (χ1n) is 5.91. The quantitative estimate of drug-likeness (QED) is 0.779. The molecule has 0 N–H and O–H groups in total. The Balaban J connectivity index is 2.46. The molecule has 0 unspecified atom stereocenters. The van der Waals surface area contributed by atoms with Crippen LogP contribution in [-0.4, -0.2) is 22.1 Å². The molecule has 0 bridgehead atoms. The molecule has 4 heteroatoms. The molecule has 0 amide bonds. The number of hydrogen-bond donors (Lipinski definition) is 0. The Kier molecular flexibility index (Phi) is 3.46. The van der Waals surface area contributed by atoms with E-state index in [1.165, 1.54) is 0 Å². The minimum absolute atomic E-state index is 0.357. The van der Waals surface area contributed by atoms with Crippen LogP contribution in [0, 0.1) is 6.92 Å².